The summed E-state index contributed by atoms with van der Waals surface area (Å²) in [5, 5.41) is 12.9. The molecule has 1 atom stereocenters. The summed E-state index contributed by atoms with van der Waals surface area (Å²) in [6.07, 6.45) is -0.480. The summed E-state index contributed by atoms with van der Waals surface area (Å²) in [5.41, 5.74) is 8.50. The number of fused-ring (bicyclic) bond motifs is 9. The Labute approximate surface area is 298 Å². The maximum atomic E-state index is 6.48. The Morgan fingerprint density at radius 2 is 1.10 bits per heavy atom. The van der Waals surface area contributed by atoms with Crippen LogP contribution < -0.4 is 5.32 Å². The van der Waals surface area contributed by atoms with E-state index in [1.165, 1.54) is 16.2 Å². The van der Waals surface area contributed by atoms with E-state index in [9.17, 15) is 0 Å². The summed E-state index contributed by atoms with van der Waals surface area (Å²) in [6, 6.07) is 56.9. The lowest BCUT2D eigenvalue weighted by Gasteiger charge is -2.26. The molecule has 1 aliphatic rings. The molecule has 0 fully saturated rings. The van der Waals surface area contributed by atoms with Gasteiger partial charge in [0.1, 0.15) is 34.3 Å². The van der Waals surface area contributed by atoms with E-state index in [0.717, 1.165) is 82.9 Å². The van der Waals surface area contributed by atoms with Crippen molar-refractivity contribution >= 4 is 77.1 Å². The molecule has 0 spiro atoms. The van der Waals surface area contributed by atoms with Crippen molar-refractivity contribution in [2.45, 2.75) is 6.17 Å². The van der Waals surface area contributed by atoms with Crippen LogP contribution in [0.2, 0.25) is 0 Å². The highest BCUT2D eigenvalue weighted by atomic mass is 16.3. The first-order valence-electron chi connectivity index (χ1n) is 17.5. The minimum absolute atomic E-state index is 0.480. The summed E-state index contributed by atoms with van der Waals surface area (Å²) in [4.78, 5) is 10.6. The Morgan fingerprint density at radius 1 is 0.442 bits per heavy atom. The van der Waals surface area contributed by atoms with Crippen LogP contribution in [-0.2, 0) is 0 Å². The Bertz CT molecular complexity index is 3110. The van der Waals surface area contributed by atoms with Crippen molar-refractivity contribution in [2.75, 3.05) is 0 Å². The van der Waals surface area contributed by atoms with Gasteiger partial charge in [-0.2, -0.15) is 0 Å². The molecule has 244 valence electrons. The quantitative estimate of drug-likeness (QED) is 0.190. The molecule has 52 heavy (non-hydrogen) atoms. The van der Waals surface area contributed by atoms with Gasteiger partial charge in [-0.3, -0.25) is 0 Å². The predicted molar refractivity (Wildman–Crippen MR) is 213 cm³/mol. The fourth-order valence-corrected chi connectivity index (χ4v) is 7.89. The predicted octanol–water partition coefficient (Wildman–Crippen LogP) is 12.0. The Kier molecular flexibility index (Phi) is 6.25. The first kappa shape index (κ1) is 28.8. The minimum Gasteiger partial charge on any atom is -0.456 e. The fraction of sp³-hybridized carbons (Fsp3) is 0.0213. The third-order valence-electron chi connectivity index (χ3n) is 10.3. The molecule has 10 aromatic rings. The zero-order valence-electron chi connectivity index (χ0n) is 27.9. The van der Waals surface area contributed by atoms with Crippen molar-refractivity contribution in [2.24, 2.45) is 9.98 Å². The number of benzene rings is 8. The molecule has 1 aliphatic heterocycles. The van der Waals surface area contributed by atoms with Crippen molar-refractivity contribution < 1.29 is 8.83 Å². The van der Waals surface area contributed by atoms with E-state index in [0.29, 0.717) is 5.84 Å². The van der Waals surface area contributed by atoms with E-state index in [1.807, 2.05) is 42.5 Å². The number of hydrogen-bond acceptors (Lipinski definition) is 5. The molecular formula is C47H29N3O2. The van der Waals surface area contributed by atoms with Gasteiger partial charge in [-0.15, -0.1) is 0 Å². The second kappa shape index (κ2) is 11.3. The summed E-state index contributed by atoms with van der Waals surface area (Å²) >= 11 is 0. The van der Waals surface area contributed by atoms with Crippen LogP contribution >= 0.6 is 0 Å². The number of nitrogens with one attached hydrogen (secondary N) is 1. The lowest BCUT2D eigenvalue weighted by Crippen LogP contribution is -2.34. The third kappa shape index (κ3) is 4.49. The topological polar surface area (TPSA) is 63.0 Å². The average Bonchev–Trinajstić information content (AvgIpc) is 3.78. The van der Waals surface area contributed by atoms with E-state index in [4.69, 9.17) is 18.8 Å². The first-order chi connectivity index (χ1) is 25.7. The molecule has 0 saturated carbocycles. The van der Waals surface area contributed by atoms with Crippen LogP contribution in [0.4, 0.5) is 0 Å². The third-order valence-corrected chi connectivity index (χ3v) is 10.3. The highest BCUT2D eigenvalue weighted by Crippen LogP contribution is 2.43. The average molecular weight is 668 g/mol. The van der Waals surface area contributed by atoms with Gasteiger partial charge in [-0.1, -0.05) is 127 Å². The molecule has 3 heterocycles. The number of para-hydroxylation sites is 2. The molecule has 2 aromatic heterocycles. The maximum Gasteiger partial charge on any atom is 0.159 e. The van der Waals surface area contributed by atoms with Crippen LogP contribution in [0.5, 0.6) is 0 Å². The van der Waals surface area contributed by atoms with Crippen LogP contribution in [0.15, 0.2) is 183 Å². The number of aliphatic imine (C=N–C) groups is 2. The SMILES string of the molecule is c1ccc(C2=NC(c3c(-c4ccc5oc6ccccc6c5c4)ccc4oc5ccccc5c34)NC(c3ccc4c(ccc5ccccc54)c3)=N2)cc1. The highest BCUT2D eigenvalue weighted by molar-refractivity contribution is 6.17. The molecular weight excluding hydrogens is 639 g/mol. The molecule has 11 rings (SSSR count). The van der Waals surface area contributed by atoms with Crippen LogP contribution in [0.1, 0.15) is 22.9 Å². The largest absolute Gasteiger partial charge is 0.456 e. The van der Waals surface area contributed by atoms with Gasteiger partial charge in [0.05, 0.1) is 0 Å². The van der Waals surface area contributed by atoms with Gasteiger partial charge in [-0.05, 0) is 69.1 Å². The fourth-order valence-electron chi connectivity index (χ4n) is 7.89. The second-order valence-corrected chi connectivity index (χ2v) is 13.4. The molecule has 0 amide bonds. The number of rotatable bonds is 4. The molecule has 1 unspecified atom stereocenters. The lowest BCUT2D eigenvalue weighted by molar-refractivity contribution is 0.662. The molecule has 0 saturated heterocycles. The van der Waals surface area contributed by atoms with Gasteiger partial charge >= 0.3 is 0 Å². The van der Waals surface area contributed by atoms with Gasteiger partial charge in [0.15, 0.2) is 5.84 Å². The zero-order chi connectivity index (χ0) is 34.2. The Morgan fingerprint density at radius 3 is 1.98 bits per heavy atom. The standard InChI is InChI=1S/C47H29N3O2/c1-2-11-29(12-3-1)45-48-46(32-20-22-34-30(26-32)19-18-28-10-4-5-13-33(28)34)50-47(49-45)44-35(23-25-42-43(44)37-15-7-9-17-40(37)52-42)31-21-24-41-38(27-31)36-14-6-8-16-39(36)51-41/h1-27,47H,(H,48,49,50). The van der Waals surface area contributed by atoms with Crippen molar-refractivity contribution in [3.8, 4) is 11.1 Å². The summed E-state index contributed by atoms with van der Waals surface area (Å²) in [5.74, 6) is 1.44. The maximum absolute atomic E-state index is 6.48. The van der Waals surface area contributed by atoms with E-state index in [-0.39, 0.29) is 0 Å². The van der Waals surface area contributed by atoms with Crippen LogP contribution in [0.25, 0.3) is 76.5 Å². The van der Waals surface area contributed by atoms with Crippen LogP contribution in [0.3, 0.4) is 0 Å². The van der Waals surface area contributed by atoms with Crippen molar-refractivity contribution in [1.82, 2.24) is 5.32 Å². The lowest BCUT2D eigenvalue weighted by atomic mass is 9.92. The van der Waals surface area contributed by atoms with Gasteiger partial charge in [0.25, 0.3) is 0 Å². The normalized spacial score (nSPS) is 14.7. The second-order valence-electron chi connectivity index (χ2n) is 13.4. The van der Waals surface area contributed by atoms with Gasteiger partial charge in [0.2, 0.25) is 0 Å². The Balaban J connectivity index is 1.15. The monoisotopic (exact) mass is 667 g/mol. The molecule has 8 aromatic carbocycles. The van der Waals surface area contributed by atoms with E-state index >= 15 is 0 Å². The molecule has 1 N–H and O–H groups in total. The zero-order valence-corrected chi connectivity index (χ0v) is 27.9. The summed E-state index contributed by atoms with van der Waals surface area (Å²) in [6.45, 7) is 0. The number of amidine groups is 2. The number of furan rings is 2. The van der Waals surface area contributed by atoms with Gasteiger partial charge in [-0.25, -0.2) is 9.98 Å². The molecule has 0 aliphatic carbocycles. The Hall–Kier alpha value is -6.98. The number of hydrogen-bond donors (Lipinski definition) is 1. The highest BCUT2D eigenvalue weighted by Gasteiger charge is 2.28. The molecule has 0 radical (unpaired) electrons. The van der Waals surface area contributed by atoms with Crippen LogP contribution in [0, 0.1) is 0 Å². The van der Waals surface area contributed by atoms with Crippen LogP contribution in [-0.4, -0.2) is 11.7 Å². The molecule has 5 heteroatoms. The van der Waals surface area contributed by atoms with Gasteiger partial charge in [0, 0.05) is 38.2 Å². The summed E-state index contributed by atoms with van der Waals surface area (Å²) < 4.78 is 12.7. The molecule has 5 nitrogen and oxygen atoms in total. The number of nitrogens with zero attached hydrogens (tertiary/aromatic N) is 2. The molecule has 0 bridgehead atoms. The van der Waals surface area contributed by atoms with E-state index < -0.39 is 6.17 Å². The van der Waals surface area contributed by atoms with Crippen molar-refractivity contribution in [1.29, 1.82) is 0 Å². The van der Waals surface area contributed by atoms with Crippen molar-refractivity contribution in [3.63, 3.8) is 0 Å². The smallest absolute Gasteiger partial charge is 0.159 e. The van der Waals surface area contributed by atoms with Crippen molar-refractivity contribution in [3.05, 3.63) is 180 Å². The van der Waals surface area contributed by atoms with E-state index in [2.05, 4.69) is 127 Å². The van der Waals surface area contributed by atoms with E-state index in [1.54, 1.807) is 0 Å². The first-order valence-corrected chi connectivity index (χ1v) is 17.5. The van der Waals surface area contributed by atoms with Gasteiger partial charge < -0.3 is 14.2 Å². The minimum atomic E-state index is -0.480. The summed E-state index contributed by atoms with van der Waals surface area (Å²) in [7, 11) is 0.